The Kier molecular flexibility index (Phi) is 3.74. The van der Waals surface area contributed by atoms with Gasteiger partial charge in [0, 0.05) is 31.7 Å². The van der Waals surface area contributed by atoms with Crippen molar-refractivity contribution in [2.75, 3.05) is 13.1 Å². The predicted octanol–water partition coefficient (Wildman–Crippen LogP) is 3.57. The normalized spacial score (nSPS) is 23.7. The van der Waals surface area contributed by atoms with Gasteiger partial charge < -0.3 is 0 Å². The first-order valence-corrected chi connectivity index (χ1v) is 11.1. The van der Waals surface area contributed by atoms with Crippen molar-refractivity contribution in [3.8, 4) is 11.1 Å². The largest absolute Gasteiger partial charge is 0.296 e. The third-order valence-electron chi connectivity index (χ3n) is 5.42. The Hall–Kier alpha value is -2.02. The fourth-order valence-corrected chi connectivity index (χ4v) is 7.04. The highest BCUT2D eigenvalue weighted by Gasteiger charge is 2.50. The molecule has 0 spiro atoms. The van der Waals surface area contributed by atoms with Crippen molar-refractivity contribution in [3.05, 3.63) is 70.7 Å². The molecule has 2 aromatic heterocycles. The molecular formula is C20H18N2O2S2. The van der Waals surface area contributed by atoms with Crippen LogP contribution < -0.4 is 0 Å². The Morgan fingerprint density at radius 3 is 2.81 bits per heavy atom. The summed E-state index contributed by atoms with van der Waals surface area (Å²) in [7, 11) is -3.25. The van der Waals surface area contributed by atoms with Gasteiger partial charge in [-0.1, -0.05) is 12.1 Å². The average Bonchev–Trinajstić information content (AvgIpc) is 3.35. The number of likely N-dealkylation sites (tertiary alicyclic amines) is 1. The van der Waals surface area contributed by atoms with E-state index in [0.29, 0.717) is 18.0 Å². The third-order valence-corrected chi connectivity index (χ3v) is 8.37. The van der Waals surface area contributed by atoms with E-state index < -0.39 is 9.84 Å². The van der Waals surface area contributed by atoms with Crippen LogP contribution in [0.2, 0.25) is 0 Å². The van der Waals surface area contributed by atoms with Crippen LogP contribution in [-0.4, -0.2) is 36.6 Å². The molecule has 5 rings (SSSR count). The van der Waals surface area contributed by atoms with Gasteiger partial charge in [-0.15, -0.1) is 0 Å². The minimum atomic E-state index is -3.25. The molecule has 26 heavy (non-hydrogen) atoms. The van der Waals surface area contributed by atoms with E-state index in [1.807, 2.05) is 29.6 Å². The number of pyridine rings is 1. The summed E-state index contributed by atoms with van der Waals surface area (Å²) in [5.74, 6) is 0.0531. The lowest BCUT2D eigenvalue weighted by molar-refractivity contribution is 0.321. The van der Waals surface area contributed by atoms with Gasteiger partial charge in [0.05, 0.1) is 15.8 Å². The number of benzene rings is 1. The fraction of sp³-hybridized carbons (Fsp3) is 0.250. The first kappa shape index (κ1) is 16.2. The zero-order valence-electron chi connectivity index (χ0n) is 14.1. The van der Waals surface area contributed by atoms with Gasteiger partial charge in [0.1, 0.15) is 0 Å². The number of aromatic nitrogens is 1. The molecule has 0 amide bonds. The Bertz CT molecular complexity index is 1050. The molecule has 2 aliphatic heterocycles. The number of hydrogen-bond acceptors (Lipinski definition) is 5. The monoisotopic (exact) mass is 382 g/mol. The zero-order chi connectivity index (χ0) is 17.7. The van der Waals surface area contributed by atoms with Crippen LogP contribution in [0.15, 0.2) is 64.3 Å². The quantitative estimate of drug-likeness (QED) is 0.695. The molecule has 2 aliphatic rings. The van der Waals surface area contributed by atoms with Gasteiger partial charge in [0.25, 0.3) is 0 Å². The molecule has 2 atom stereocenters. The summed E-state index contributed by atoms with van der Waals surface area (Å²) in [6, 6.07) is 13.8. The molecule has 4 nitrogen and oxygen atoms in total. The molecule has 0 bridgehead atoms. The molecule has 1 saturated heterocycles. The Morgan fingerprint density at radius 1 is 1.12 bits per heavy atom. The first-order chi connectivity index (χ1) is 12.6. The van der Waals surface area contributed by atoms with E-state index >= 15 is 0 Å². The summed E-state index contributed by atoms with van der Waals surface area (Å²) in [4.78, 5) is 7.12. The van der Waals surface area contributed by atoms with Crippen molar-refractivity contribution in [2.24, 2.45) is 0 Å². The lowest BCUT2D eigenvalue weighted by Gasteiger charge is -2.17. The lowest BCUT2D eigenvalue weighted by Crippen LogP contribution is -2.26. The number of sulfone groups is 1. The number of nitrogens with zero attached hydrogens (tertiary/aromatic N) is 2. The molecule has 0 unspecified atom stereocenters. The second-order valence-electron chi connectivity index (χ2n) is 6.97. The highest BCUT2D eigenvalue weighted by molar-refractivity contribution is 7.92. The molecule has 6 heteroatoms. The number of rotatable bonds is 3. The maximum absolute atomic E-state index is 13.0. The van der Waals surface area contributed by atoms with Gasteiger partial charge in [-0.3, -0.25) is 9.88 Å². The maximum Gasteiger partial charge on any atom is 0.183 e. The van der Waals surface area contributed by atoms with Gasteiger partial charge in [-0.2, -0.15) is 11.3 Å². The van der Waals surface area contributed by atoms with E-state index in [-0.39, 0.29) is 11.2 Å². The summed E-state index contributed by atoms with van der Waals surface area (Å²) >= 11 is 1.66. The first-order valence-electron chi connectivity index (χ1n) is 8.65. The highest BCUT2D eigenvalue weighted by Crippen LogP contribution is 2.46. The summed E-state index contributed by atoms with van der Waals surface area (Å²) in [5.41, 5.74) is 4.23. The summed E-state index contributed by atoms with van der Waals surface area (Å²) < 4.78 is 26.0. The van der Waals surface area contributed by atoms with Crippen molar-refractivity contribution in [3.63, 3.8) is 0 Å². The van der Waals surface area contributed by atoms with Crippen LogP contribution in [-0.2, 0) is 16.4 Å². The van der Waals surface area contributed by atoms with E-state index in [0.717, 1.165) is 28.9 Å². The van der Waals surface area contributed by atoms with Gasteiger partial charge in [-0.25, -0.2) is 8.42 Å². The van der Waals surface area contributed by atoms with Crippen LogP contribution >= 0.6 is 11.3 Å². The molecule has 132 valence electrons. The molecule has 1 aromatic carbocycles. The SMILES string of the molecule is O=S1(=O)c2ccc(-c3ccsc3)cc2[C@H]2CN(Cc3ccccn3)C[C@@H]21. The fourth-order valence-electron chi connectivity index (χ4n) is 4.18. The average molecular weight is 383 g/mol. The van der Waals surface area contributed by atoms with E-state index in [4.69, 9.17) is 0 Å². The van der Waals surface area contributed by atoms with Crippen molar-refractivity contribution >= 4 is 21.2 Å². The molecule has 3 aromatic rings. The van der Waals surface area contributed by atoms with Gasteiger partial charge >= 0.3 is 0 Å². The van der Waals surface area contributed by atoms with E-state index in [1.165, 1.54) is 0 Å². The minimum Gasteiger partial charge on any atom is -0.296 e. The molecule has 0 saturated carbocycles. The second kappa shape index (κ2) is 6.01. The van der Waals surface area contributed by atoms with Gasteiger partial charge in [0.15, 0.2) is 9.84 Å². The third kappa shape index (κ3) is 2.52. The number of thiophene rings is 1. The van der Waals surface area contributed by atoms with Crippen molar-refractivity contribution < 1.29 is 8.42 Å². The molecule has 0 aliphatic carbocycles. The predicted molar refractivity (Wildman–Crippen MR) is 103 cm³/mol. The number of hydrogen-bond donors (Lipinski definition) is 0. The smallest absolute Gasteiger partial charge is 0.183 e. The Labute approximate surface area is 157 Å². The van der Waals surface area contributed by atoms with Crippen molar-refractivity contribution in [2.45, 2.75) is 22.6 Å². The summed E-state index contributed by atoms with van der Waals surface area (Å²) in [5, 5.41) is 3.82. The van der Waals surface area contributed by atoms with E-state index in [2.05, 4.69) is 27.4 Å². The zero-order valence-corrected chi connectivity index (χ0v) is 15.7. The van der Waals surface area contributed by atoms with Crippen LogP contribution in [0.5, 0.6) is 0 Å². The second-order valence-corrected chi connectivity index (χ2v) is 9.89. The standard InChI is InChI=1S/C20H18N2O2S2/c23-26(24)19-5-4-14(15-6-8-25-13-15)9-17(19)18-11-22(12-20(18)26)10-16-3-1-2-7-21-16/h1-9,13,18,20H,10-12H2/t18-,20+/m1/s1. The highest BCUT2D eigenvalue weighted by atomic mass is 32.2. The van der Waals surface area contributed by atoms with Crippen LogP contribution in [0, 0.1) is 0 Å². The van der Waals surface area contributed by atoms with Crippen molar-refractivity contribution in [1.82, 2.24) is 9.88 Å². The summed E-state index contributed by atoms with van der Waals surface area (Å²) in [6.07, 6.45) is 1.78. The summed E-state index contributed by atoms with van der Waals surface area (Å²) in [6.45, 7) is 2.04. The van der Waals surface area contributed by atoms with E-state index in [9.17, 15) is 8.42 Å². The number of fused-ring (bicyclic) bond motifs is 3. The van der Waals surface area contributed by atoms with E-state index in [1.54, 1.807) is 23.6 Å². The maximum atomic E-state index is 13.0. The molecule has 0 radical (unpaired) electrons. The van der Waals surface area contributed by atoms with Gasteiger partial charge in [0.2, 0.25) is 0 Å². The minimum absolute atomic E-state index is 0.0531. The van der Waals surface area contributed by atoms with Gasteiger partial charge in [-0.05, 0) is 57.8 Å². The lowest BCUT2D eigenvalue weighted by atomic mass is 9.95. The van der Waals surface area contributed by atoms with Crippen LogP contribution in [0.3, 0.4) is 0 Å². The Morgan fingerprint density at radius 2 is 2.04 bits per heavy atom. The van der Waals surface area contributed by atoms with Crippen LogP contribution in [0.25, 0.3) is 11.1 Å². The van der Waals surface area contributed by atoms with Crippen LogP contribution in [0.1, 0.15) is 17.2 Å². The Balaban J connectivity index is 1.49. The molecule has 4 heterocycles. The van der Waals surface area contributed by atoms with Crippen molar-refractivity contribution in [1.29, 1.82) is 0 Å². The molecular weight excluding hydrogens is 364 g/mol. The topological polar surface area (TPSA) is 50.3 Å². The molecule has 0 N–H and O–H groups in total. The van der Waals surface area contributed by atoms with Crippen LogP contribution in [0.4, 0.5) is 0 Å². The molecule has 1 fully saturated rings.